The zero-order valence-corrected chi connectivity index (χ0v) is 10.4. The van der Waals surface area contributed by atoms with Crippen LogP contribution in [0.1, 0.15) is 35.6 Å². The number of rotatable bonds is 1. The number of carbonyl (C=O) groups is 2. The second kappa shape index (κ2) is 4.28. The van der Waals surface area contributed by atoms with Crippen molar-refractivity contribution in [2.45, 2.75) is 31.8 Å². The average molecular weight is 266 g/mol. The largest absolute Gasteiger partial charge is 0.431 e. The van der Waals surface area contributed by atoms with E-state index in [1.54, 1.807) is 6.07 Å². The molecule has 1 heterocycles. The Labute approximate surface area is 109 Å². The zero-order chi connectivity index (χ0) is 12.7. The van der Waals surface area contributed by atoms with Gasteiger partial charge in [0.2, 0.25) is 6.10 Å². The van der Waals surface area contributed by atoms with Crippen LogP contribution in [-0.4, -0.2) is 12.0 Å². The summed E-state index contributed by atoms with van der Waals surface area (Å²) in [4.78, 5) is 22.8. The van der Waals surface area contributed by atoms with Crippen LogP contribution in [0.3, 0.4) is 0 Å². The molecule has 1 aliphatic heterocycles. The minimum Gasteiger partial charge on any atom is -0.431 e. The van der Waals surface area contributed by atoms with Crippen molar-refractivity contribution in [3.8, 4) is 0 Å². The number of nitrogens with one attached hydrogen (secondary N) is 1. The zero-order valence-electron chi connectivity index (χ0n) is 9.66. The molecular weight excluding hydrogens is 254 g/mol. The lowest BCUT2D eigenvalue weighted by atomic mass is 9.86. The molecule has 3 rings (SSSR count). The number of halogens is 1. The van der Waals surface area contributed by atoms with Crippen molar-refractivity contribution >= 4 is 23.6 Å². The predicted octanol–water partition coefficient (Wildman–Crippen LogP) is 2.53. The molecule has 1 aliphatic carbocycles. The van der Waals surface area contributed by atoms with Crippen molar-refractivity contribution in [1.29, 1.82) is 0 Å². The van der Waals surface area contributed by atoms with Gasteiger partial charge in [-0.15, -0.1) is 0 Å². The van der Waals surface area contributed by atoms with Gasteiger partial charge in [-0.3, -0.25) is 10.1 Å². The van der Waals surface area contributed by atoms with E-state index in [0.29, 0.717) is 5.02 Å². The molecule has 0 bridgehead atoms. The standard InChI is InChI=1S/C13H12ClNO3/c14-8-5-7-3-1-2-4-9(7)10(6-8)11-12(16)15-13(17)18-11/h5-6,11H,1-4H2,(H,15,16,17). The van der Waals surface area contributed by atoms with E-state index in [1.165, 1.54) is 5.56 Å². The third kappa shape index (κ3) is 1.86. The lowest BCUT2D eigenvalue weighted by Gasteiger charge is -2.21. The number of aryl methyl sites for hydroxylation is 1. The van der Waals surface area contributed by atoms with E-state index in [1.807, 2.05) is 6.07 Å². The van der Waals surface area contributed by atoms with Crippen LogP contribution in [0.2, 0.25) is 5.02 Å². The van der Waals surface area contributed by atoms with Crippen molar-refractivity contribution < 1.29 is 14.3 Å². The van der Waals surface area contributed by atoms with Crippen LogP contribution in [-0.2, 0) is 22.4 Å². The second-order valence-corrected chi connectivity index (χ2v) is 5.05. The minimum absolute atomic E-state index is 0.407. The summed E-state index contributed by atoms with van der Waals surface area (Å²) in [5.41, 5.74) is 3.01. The number of imide groups is 1. The lowest BCUT2D eigenvalue weighted by molar-refractivity contribution is -0.123. The predicted molar refractivity (Wildman–Crippen MR) is 65.5 cm³/mol. The summed E-state index contributed by atoms with van der Waals surface area (Å²) in [6, 6.07) is 3.67. The van der Waals surface area contributed by atoms with Crippen LogP contribution < -0.4 is 5.32 Å². The molecule has 1 aromatic rings. The molecule has 94 valence electrons. The fourth-order valence-corrected chi connectivity index (χ4v) is 2.91. The monoisotopic (exact) mass is 265 g/mol. The first-order valence-corrected chi connectivity index (χ1v) is 6.35. The Morgan fingerprint density at radius 3 is 2.72 bits per heavy atom. The van der Waals surface area contributed by atoms with E-state index in [2.05, 4.69) is 5.32 Å². The number of hydrogen-bond donors (Lipinski definition) is 1. The van der Waals surface area contributed by atoms with Gasteiger partial charge in [-0.05, 0) is 48.9 Å². The highest BCUT2D eigenvalue weighted by molar-refractivity contribution is 6.30. The summed E-state index contributed by atoms with van der Waals surface area (Å²) in [5.74, 6) is -0.407. The molecule has 5 heteroatoms. The van der Waals surface area contributed by atoms with Gasteiger partial charge in [0.05, 0.1) is 0 Å². The molecule has 1 unspecified atom stereocenters. The molecule has 0 saturated carbocycles. The highest BCUT2D eigenvalue weighted by Gasteiger charge is 2.36. The number of fused-ring (bicyclic) bond motifs is 1. The van der Waals surface area contributed by atoms with E-state index in [4.69, 9.17) is 16.3 Å². The number of carbonyl (C=O) groups excluding carboxylic acids is 2. The SMILES string of the molecule is O=C1NC(=O)C(c2cc(Cl)cc3c2CCCC3)O1. The Kier molecular flexibility index (Phi) is 2.74. The van der Waals surface area contributed by atoms with Crippen LogP contribution >= 0.6 is 11.6 Å². The molecule has 1 fully saturated rings. The third-order valence-electron chi connectivity index (χ3n) is 3.44. The van der Waals surface area contributed by atoms with Crippen LogP contribution in [0, 0.1) is 0 Å². The van der Waals surface area contributed by atoms with Gasteiger partial charge in [0, 0.05) is 10.6 Å². The smallest absolute Gasteiger partial charge is 0.415 e. The van der Waals surface area contributed by atoms with Crippen LogP contribution in [0.4, 0.5) is 4.79 Å². The van der Waals surface area contributed by atoms with Crippen LogP contribution in [0.15, 0.2) is 12.1 Å². The minimum atomic E-state index is -0.844. The summed E-state index contributed by atoms with van der Waals surface area (Å²) in [5, 5.41) is 2.73. The average Bonchev–Trinajstić information content (AvgIpc) is 2.67. The molecular formula is C13H12ClNO3. The Bertz CT molecular complexity index is 541. The van der Waals surface area contributed by atoms with E-state index >= 15 is 0 Å². The van der Waals surface area contributed by atoms with E-state index < -0.39 is 18.1 Å². The summed E-state index contributed by atoms with van der Waals surface area (Å²) < 4.78 is 5.02. The van der Waals surface area contributed by atoms with Gasteiger partial charge in [-0.1, -0.05) is 11.6 Å². The van der Waals surface area contributed by atoms with Gasteiger partial charge in [0.1, 0.15) is 0 Å². The van der Waals surface area contributed by atoms with Crippen LogP contribution in [0.5, 0.6) is 0 Å². The summed E-state index contributed by atoms with van der Waals surface area (Å²) in [6.45, 7) is 0. The molecule has 1 saturated heterocycles. The first-order valence-electron chi connectivity index (χ1n) is 5.98. The van der Waals surface area contributed by atoms with E-state index in [0.717, 1.165) is 36.8 Å². The third-order valence-corrected chi connectivity index (χ3v) is 3.65. The topological polar surface area (TPSA) is 55.4 Å². The number of cyclic esters (lactones) is 1. The molecule has 18 heavy (non-hydrogen) atoms. The van der Waals surface area contributed by atoms with E-state index in [-0.39, 0.29) is 0 Å². The maximum absolute atomic E-state index is 11.7. The second-order valence-electron chi connectivity index (χ2n) is 4.61. The first kappa shape index (κ1) is 11.5. The van der Waals surface area contributed by atoms with E-state index in [9.17, 15) is 9.59 Å². The fourth-order valence-electron chi connectivity index (χ4n) is 2.66. The summed E-state index contributed by atoms with van der Waals surface area (Å²) >= 11 is 6.07. The number of alkyl carbamates (subject to hydrolysis) is 1. The maximum atomic E-state index is 11.7. The van der Waals surface area contributed by atoms with Gasteiger partial charge < -0.3 is 4.74 Å². The van der Waals surface area contributed by atoms with Gasteiger partial charge in [0.25, 0.3) is 5.91 Å². The highest BCUT2D eigenvalue weighted by Crippen LogP contribution is 2.34. The summed E-state index contributed by atoms with van der Waals surface area (Å²) in [6.07, 6.45) is 2.56. The van der Waals surface area contributed by atoms with Gasteiger partial charge in [0.15, 0.2) is 0 Å². The van der Waals surface area contributed by atoms with Crippen molar-refractivity contribution in [2.24, 2.45) is 0 Å². The molecule has 1 aromatic carbocycles. The lowest BCUT2D eigenvalue weighted by Crippen LogP contribution is -2.21. The number of ether oxygens (including phenoxy) is 1. The highest BCUT2D eigenvalue weighted by atomic mass is 35.5. The number of benzene rings is 1. The molecule has 2 aliphatic rings. The van der Waals surface area contributed by atoms with Crippen molar-refractivity contribution in [3.63, 3.8) is 0 Å². The molecule has 1 N–H and O–H groups in total. The van der Waals surface area contributed by atoms with Crippen molar-refractivity contribution in [3.05, 3.63) is 33.8 Å². The molecule has 2 amide bonds. The number of hydrogen-bond acceptors (Lipinski definition) is 3. The quantitative estimate of drug-likeness (QED) is 0.849. The molecule has 0 radical (unpaired) electrons. The van der Waals surface area contributed by atoms with Crippen molar-refractivity contribution in [1.82, 2.24) is 5.32 Å². The summed E-state index contributed by atoms with van der Waals surface area (Å²) in [7, 11) is 0. The Morgan fingerprint density at radius 2 is 2.00 bits per heavy atom. The Morgan fingerprint density at radius 1 is 1.22 bits per heavy atom. The fraction of sp³-hybridized carbons (Fsp3) is 0.385. The number of amides is 2. The van der Waals surface area contributed by atoms with Crippen molar-refractivity contribution in [2.75, 3.05) is 0 Å². The Balaban J connectivity index is 2.08. The molecule has 1 atom stereocenters. The normalized spacial score (nSPS) is 22.4. The van der Waals surface area contributed by atoms with Gasteiger partial charge >= 0.3 is 6.09 Å². The van der Waals surface area contributed by atoms with Crippen LogP contribution in [0.25, 0.3) is 0 Å². The maximum Gasteiger partial charge on any atom is 0.415 e. The Hall–Kier alpha value is -1.55. The first-order chi connectivity index (χ1) is 8.65. The molecule has 0 aromatic heterocycles. The van der Waals surface area contributed by atoms with Gasteiger partial charge in [-0.25, -0.2) is 4.79 Å². The van der Waals surface area contributed by atoms with Gasteiger partial charge in [-0.2, -0.15) is 0 Å². The molecule has 4 nitrogen and oxygen atoms in total. The molecule has 0 spiro atoms.